The number of aromatic hydroxyl groups is 1. The van der Waals surface area contributed by atoms with E-state index >= 15 is 0 Å². The molecule has 0 spiro atoms. The third-order valence-electron chi connectivity index (χ3n) is 3.60. The fraction of sp³-hybridized carbons (Fsp3) is 0.267. The summed E-state index contributed by atoms with van der Waals surface area (Å²) in [4.78, 5) is 6.58. The Bertz CT molecular complexity index is 650. The number of piperazine rings is 1. The molecule has 116 valence electrons. The second-order valence-electron chi connectivity index (χ2n) is 4.94. The van der Waals surface area contributed by atoms with Crippen molar-refractivity contribution in [2.75, 3.05) is 31.1 Å². The van der Waals surface area contributed by atoms with Crippen LogP contribution in [-0.4, -0.2) is 45.1 Å². The van der Waals surface area contributed by atoms with Crippen LogP contribution < -0.4 is 4.90 Å². The van der Waals surface area contributed by atoms with E-state index in [1.165, 1.54) is 0 Å². The van der Waals surface area contributed by atoms with Gasteiger partial charge in [-0.1, -0.05) is 23.7 Å². The van der Waals surface area contributed by atoms with Crippen molar-refractivity contribution in [3.05, 3.63) is 47.6 Å². The predicted octanol–water partition coefficient (Wildman–Crippen LogP) is 2.29. The zero-order valence-corrected chi connectivity index (χ0v) is 13.4. The van der Waals surface area contributed by atoms with Crippen LogP contribution in [-0.2, 0) is 11.4 Å². The first kappa shape index (κ1) is 15.4. The Morgan fingerprint density at radius 1 is 1.09 bits per heavy atom. The number of hydrogen-bond acceptors (Lipinski definition) is 5. The maximum absolute atomic E-state index is 12.6. The third kappa shape index (κ3) is 3.15. The summed E-state index contributed by atoms with van der Waals surface area (Å²) in [6, 6.07) is 10.8. The number of rotatable bonds is 3. The van der Waals surface area contributed by atoms with Crippen molar-refractivity contribution in [2.45, 2.75) is 4.90 Å². The zero-order chi connectivity index (χ0) is 15.5. The van der Waals surface area contributed by atoms with E-state index in [1.807, 2.05) is 27.4 Å². The molecule has 1 aliphatic heterocycles. The molecule has 3 rings (SSSR count). The number of pyridine rings is 1. The highest BCUT2D eigenvalue weighted by Crippen LogP contribution is 2.28. The number of halogens is 1. The van der Waals surface area contributed by atoms with E-state index in [2.05, 4.69) is 4.98 Å². The van der Waals surface area contributed by atoms with Crippen molar-refractivity contribution in [3.63, 3.8) is 0 Å². The Balaban J connectivity index is 1.67. The van der Waals surface area contributed by atoms with Crippen molar-refractivity contribution in [1.82, 2.24) is 9.29 Å². The first-order chi connectivity index (χ1) is 10.7. The van der Waals surface area contributed by atoms with Gasteiger partial charge in [-0.25, -0.2) is 4.98 Å². The van der Waals surface area contributed by atoms with E-state index in [4.69, 9.17) is 11.6 Å². The lowest BCUT2D eigenvalue weighted by Crippen LogP contribution is -2.48. The Labute approximate surface area is 137 Å². The standard InChI is InChI=1S/C15H16ClN3O2S/c16-12-4-1-2-6-14(12)22(21)19-10-8-18(9-11-19)13-5-3-7-17-15(13)20/h1-7H,8-11H2,(H,17,20). The summed E-state index contributed by atoms with van der Waals surface area (Å²) in [5, 5.41) is 10.3. The van der Waals surface area contributed by atoms with Gasteiger partial charge in [0.15, 0.2) is 4.90 Å². The van der Waals surface area contributed by atoms with Crippen molar-refractivity contribution in [3.8, 4) is 5.88 Å². The van der Waals surface area contributed by atoms with Gasteiger partial charge in [-0.05, 0) is 24.3 Å². The van der Waals surface area contributed by atoms with Gasteiger partial charge < -0.3 is 14.6 Å². The first-order valence-electron chi connectivity index (χ1n) is 6.97. The maximum Gasteiger partial charge on any atom is 0.235 e. The first-order valence-corrected chi connectivity index (χ1v) is 8.45. The van der Waals surface area contributed by atoms with E-state index in [9.17, 15) is 9.66 Å². The highest BCUT2D eigenvalue weighted by molar-refractivity contribution is 7.89. The highest BCUT2D eigenvalue weighted by atomic mass is 35.5. The van der Waals surface area contributed by atoms with Gasteiger partial charge in [0.05, 0.1) is 35.2 Å². The fourth-order valence-electron chi connectivity index (χ4n) is 2.46. The molecule has 7 heteroatoms. The maximum atomic E-state index is 12.6. The van der Waals surface area contributed by atoms with E-state index in [1.54, 1.807) is 24.4 Å². The van der Waals surface area contributed by atoms with Crippen LogP contribution in [0.25, 0.3) is 0 Å². The average molecular weight is 338 g/mol. The summed E-state index contributed by atoms with van der Waals surface area (Å²) in [6.07, 6.45) is 1.56. The zero-order valence-electron chi connectivity index (χ0n) is 11.9. The summed E-state index contributed by atoms with van der Waals surface area (Å²) in [7, 11) is 0. The smallest absolute Gasteiger partial charge is 0.235 e. The lowest BCUT2D eigenvalue weighted by Gasteiger charge is -2.35. The number of aromatic nitrogens is 1. The van der Waals surface area contributed by atoms with Crippen molar-refractivity contribution in [2.24, 2.45) is 0 Å². The molecule has 5 nitrogen and oxygen atoms in total. The average Bonchev–Trinajstić information content (AvgIpc) is 2.55. The summed E-state index contributed by atoms with van der Waals surface area (Å²) in [5.74, 6) is 0.0307. The van der Waals surface area contributed by atoms with Crippen LogP contribution >= 0.6 is 11.6 Å². The molecule has 1 atom stereocenters. The molecule has 0 bridgehead atoms. The van der Waals surface area contributed by atoms with Gasteiger partial charge in [0.25, 0.3) is 0 Å². The van der Waals surface area contributed by atoms with Gasteiger partial charge in [-0.15, -0.1) is 4.31 Å². The molecular weight excluding hydrogens is 322 g/mol. The minimum absolute atomic E-state index is 0.0307. The SMILES string of the molecule is [O-][S+](c1ccccc1Cl)N1CCN(c2cccnc2O)CC1. The van der Waals surface area contributed by atoms with Gasteiger partial charge in [-0.2, -0.15) is 0 Å². The van der Waals surface area contributed by atoms with Crippen LogP contribution in [0.2, 0.25) is 5.02 Å². The molecule has 2 heterocycles. The van der Waals surface area contributed by atoms with E-state index < -0.39 is 11.4 Å². The van der Waals surface area contributed by atoms with Gasteiger partial charge in [-0.3, -0.25) is 0 Å². The molecule has 1 aromatic carbocycles. The number of hydrogen-bond donors (Lipinski definition) is 1. The Morgan fingerprint density at radius 2 is 1.82 bits per heavy atom. The van der Waals surface area contributed by atoms with E-state index in [-0.39, 0.29) is 5.88 Å². The van der Waals surface area contributed by atoms with Crippen LogP contribution in [0.15, 0.2) is 47.5 Å². The monoisotopic (exact) mass is 337 g/mol. The molecule has 22 heavy (non-hydrogen) atoms. The molecule has 1 aliphatic rings. The number of benzene rings is 1. The Hall–Kier alpha value is -1.47. The van der Waals surface area contributed by atoms with Crippen LogP contribution in [0.3, 0.4) is 0 Å². The number of anilines is 1. The normalized spacial score (nSPS) is 17.5. The van der Waals surface area contributed by atoms with Gasteiger partial charge in [0.1, 0.15) is 0 Å². The fourth-order valence-corrected chi connectivity index (χ4v) is 3.99. The summed E-state index contributed by atoms with van der Waals surface area (Å²) in [5.41, 5.74) is 0.714. The molecular formula is C15H16ClN3O2S. The van der Waals surface area contributed by atoms with E-state index in [0.717, 1.165) is 0 Å². The minimum atomic E-state index is -1.26. The molecule has 0 radical (unpaired) electrons. The Morgan fingerprint density at radius 3 is 2.50 bits per heavy atom. The molecule has 0 amide bonds. The summed E-state index contributed by atoms with van der Waals surface area (Å²) < 4.78 is 14.5. The highest BCUT2D eigenvalue weighted by Gasteiger charge is 2.29. The minimum Gasteiger partial charge on any atom is -0.593 e. The van der Waals surface area contributed by atoms with Crippen LogP contribution in [0, 0.1) is 0 Å². The topological polar surface area (TPSA) is 62.7 Å². The van der Waals surface area contributed by atoms with Gasteiger partial charge >= 0.3 is 0 Å². The predicted molar refractivity (Wildman–Crippen MR) is 87.5 cm³/mol. The molecule has 1 unspecified atom stereocenters. The third-order valence-corrected chi connectivity index (χ3v) is 5.61. The van der Waals surface area contributed by atoms with Gasteiger partial charge in [0.2, 0.25) is 5.88 Å². The molecule has 1 fully saturated rings. The second kappa shape index (κ2) is 6.75. The largest absolute Gasteiger partial charge is 0.593 e. The molecule has 1 aromatic heterocycles. The van der Waals surface area contributed by atoms with Crippen molar-refractivity contribution < 1.29 is 9.66 Å². The Kier molecular flexibility index (Phi) is 4.73. The second-order valence-corrected chi connectivity index (χ2v) is 6.80. The lowest BCUT2D eigenvalue weighted by atomic mass is 10.3. The quantitative estimate of drug-likeness (QED) is 0.871. The number of nitrogens with zero attached hydrogens (tertiary/aromatic N) is 3. The summed E-state index contributed by atoms with van der Waals surface area (Å²) in [6.45, 7) is 2.61. The van der Waals surface area contributed by atoms with Gasteiger partial charge in [0, 0.05) is 19.3 Å². The molecule has 1 saturated heterocycles. The van der Waals surface area contributed by atoms with Crippen molar-refractivity contribution >= 4 is 28.7 Å². The molecule has 1 N–H and O–H groups in total. The molecule has 0 aliphatic carbocycles. The lowest BCUT2D eigenvalue weighted by molar-refractivity contribution is 0.380. The van der Waals surface area contributed by atoms with Crippen molar-refractivity contribution in [1.29, 1.82) is 0 Å². The van der Waals surface area contributed by atoms with Crippen LogP contribution in [0.4, 0.5) is 5.69 Å². The van der Waals surface area contributed by atoms with Crippen LogP contribution in [0.5, 0.6) is 5.88 Å². The molecule has 0 saturated carbocycles. The van der Waals surface area contributed by atoms with Crippen LogP contribution in [0.1, 0.15) is 0 Å². The molecule has 2 aromatic rings. The summed E-state index contributed by atoms with van der Waals surface area (Å²) >= 11 is 4.85. The van der Waals surface area contributed by atoms with E-state index in [0.29, 0.717) is 41.8 Å².